The first-order chi connectivity index (χ1) is 15.4. The van der Waals surface area contributed by atoms with E-state index in [1.54, 1.807) is 38.3 Å². The van der Waals surface area contributed by atoms with Crippen LogP contribution >= 0.6 is 0 Å². The number of benzene rings is 2. The summed E-state index contributed by atoms with van der Waals surface area (Å²) in [6.45, 7) is 3.23. The van der Waals surface area contributed by atoms with Crippen LogP contribution in [0, 0.1) is 5.82 Å². The fraction of sp³-hybridized carbons (Fsp3) is 0.458. The van der Waals surface area contributed by atoms with Crippen LogP contribution < -0.4 is 25.0 Å². The first-order valence-electron chi connectivity index (χ1n) is 10.8. The Kier molecular flexibility index (Phi) is 8.16. The van der Waals surface area contributed by atoms with Crippen LogP contribution in [-0.4, -0.2) is 65.4 Å². The highest BCUT2D eigenvalue weighted by Gasteiger charge is 2.23. The van der Waals surface area contributed by atoms with Crippen LogP contribution in [0.4, 0.5) is 10.1 Å². The predicted molar refractivity (Wildman–Crippen MR) is 127 cm³/mol. The third-order valence-electron chi connectivity index (χ3n) is 5.61. The van der Waals surface area contributed by atoms with Crippen LogP contribution in [0.3, 0.4) is 0 Å². The van der Waals surface area contributed by atoms with Gasteiger partial charge in [-0.15, -0.1) is 0 Å². The maximum absolute atomic E-state index is 14.2. The van der Waals surface area contributed by atoms with E-state index in [0.29, 0.717) is 18.3 Å². The summed E-state index contributed by atoms with van der Waals surface area (Å²) in [5.41, 5.74) is 2.61. The summed E-state index contributed by atoms with van der Waals surface area (Å²) >= 11 is 0. The third-order valence-corrected chi connectivity index (χ3v) is 5.61. The Morgan fingerprint density at radius 1 is 1.12 bits per heavy atom. The number of rotatable bonds is 8. The highest BCUT2D eigenvalue weighted by atomic mass is 19.1. The molecule has 1 unspecified atom stereocenters. The molecule has 0 aliphatic carbocycles. The van der Waals surface area contributed by atoms with Gasteiger partial charge in [0.2, 0.25) is 0 Å². The summed E-state index contributed by atoms with van der Waals surface area (Å²) in [6.07, 6.45) is 1.02. The smallest absolute Gasteiger partial charge is 0.191 e. The maximum atomic E-state index is 14.2. The molecule has 0 spiro atoms. The molecule has 0 saturated carbocycles. The number of guanidine groups is 1. The van der Waals surface area contributed by atoms with Gasteiger partial charge in [0.05, 0.1) is 19.9 Å². The van der Waals surface area contributed by atoms with Crippen LogP contribution in [0.2, 0.25) is 0 Å². The van der Waals surface area contributed by atoms with Crippen molar-refractivity contribution in [3.05, 3.63) is 53.3 Å². The number of likely N-dealkylation sites (tertiary alicyclic amines) is 1. The molecule has 7 nitrogen and oxygen atoms in total. The number of nitrogens with zero attached hydrogens (tertiary/aromatic N) is 3. The molecule has 8 heteroatoms. The van der Waals surface area contributed by atoms with E-state index in [-0.39, 0.29) is 5.82 Å². The molecule has 2 N–H and O–H groups in total. The third kappa shape index (κ3) is 6.26. The fourth-order valence-electron chi connectivity index (χ4n) is 3.91. The molecule has 1 aliphatic heterocycles. The minimum absolute atomic E-state index is 0.224. The lowest BCUT2D eigenvalue weighted by Crippen LogP contribution is -2.44. The average molecular weight is 444 g/mol. The summed E-state index contributed by atoms with van der Waals surface area (Å²) in [6, 6.07) is 11.6. The molecule has 1 fully saturated rings. The second-order valence-corrected chi connectivity index (χ2v) is 8.19. The average Bonchev–Trinajstić information content (AvgIpc) is 3.22. The molecule has 0 aromatic heterocycles. The van der Waals surface area contributed by atoms with Gasteiger partial charge in [0, 0.05) is 59.4 Å². The van der Waals surface area contributed by atoms with Gasteiger partial charge in [0.15, 0.2) is 5.96 Å². The van der Waals surface area contributed by atoms with Crippen molar-refractivity contribution < 1.29 is 13.9 Å². The van der Waals surface area contributed by atoms with Gasteiger partial charge in [-0.25, -0.2) is 4.39 Å². The Labute approximate surface area is 190 Å². The summed E-state index contributed by atoms with van der Waals surface area (Å²) in [5, 5.41) is 6.78. The number of anilines is 1. The molecule has 1 atom stereocenters. The minimum atomic E-state index is -0.224. The Balaban J connectivity index is 1.51. The SMILES string of the molecule is CN=C(NCc1ccc(N(C)C)c(F)c1)NC1CCN(Cc2cc(OC)cc(OC)c2)C1. The standard InChI is InChI=1S/C24H34FN5O2/c1-26-24(27-14-17-6-7-23(29(2)3)22(25)12-17)28-19-8-9-30(16-19)15-18-10-20(31-4)13-21(11-18)32-5/h6-7,10-13,19H,8-9,14-16H2,1-5H3,(H2,26,27,28). The van der Waals surface area contributed by atoms with Gasteiger partial charge in [-0.2, -0.15) is 0 Å². The number of hydrogen-bond donors (Lipinski definition) is 2. The molecule has 0 amide bonds. The lowest BCUT2D eigenvalue weighted by molar-refractivity contribution is 0.321. The number of ether oxygens (including phenoxy) is 2. The van der Waals surface area contributed by atoms with E-state index in [2.05, 4.69) is 20.5 Å². The van der Waals surface area contributed by atoms with E-state index in [1.165, 1.54) is 0 Å². The number of aliphatic imine (C=N–C) groups is 1. The first kappa shape index (κ1) is 23.7. The zero-order valence-corrected chi connectivity index (χ0v) is 19.6. The second kappa shape index (κ2) is 11.0. The van der Waals surface area contributed by atoms with Crippen molar-refractivity contribution in [2.45, 2.75) is 25.6 Å². The topological polar surface area (TPSA) is 61.4 Å². The Bertz CT molecular complexity index is 912. The van der Waals surface area contributed by atoms with Crippen molar-refractivity contribution >= 4 is 11.6 Å². The quantitative estimate of drug-likeness (QED) is 0.483. The number of hydrogen-bond acceptors (Lipinski definition) is 5. The number of methoxy groups -OCH3 is 2. The molecule has 32 heavy (non-hydrogen) atoms. The van der Waals surface area contributed by atoms with Gasteiger partial charge in [0.25, 0.3) is 0 Å². The van der Waals surface area contributed by atoms with Gasteiger partial charge in [0.1, 0.15) is 17.3 Å². The molecule has 1 heterocycles. The van der Waals surface area contributed by atoms with Gasteiger partial charge >= 0.3 is 0 Å². The van der Waals surface area contributed by atoms with E-state index in [0.717, 1.165) is 54.6 Å². The molecular weight excluding hydrogens is 409 g/mol. The van der Waals surface area contributed by atoms with Crippen LogP contribution in [0.5, 0.6) is 11.5 Å². The summed E-state index contributed by atoms with van der Waals surface area (Å²) in [5.74, 6) is 2.09. The molecule has 174 valence electrons. The molecule has 1 saturated heterocycles. The van der Waals surface area contributed by atoms with E-state index in [4.69, 9.17) is 9.47 Å². The highest BCUT2D eigenvalue weighted by molar-refractivity contribution is 5.80. The normalized spacial score (nSPS) is 16.7. The Morgan fingerprint density at radius 3 is 2.44 bits per heavy atom. The number of nitrogens with one attached hydrogen (secondary N) is 2. The van der Waals surface area contributed by atoms with Crippen LogP contribution in [-0.2, 0) is 13.1 Å². The van der Waals surface area contributed by atoms with Crippen molar-refractivity contribution in [3.8, 4) is 11.5 Å². The van der Waals surface area contributed by atoms with Gasteiger partial charge in [-0.3, -0.25) is 9.89 Å². The number of halogens is 1. The largest absolute Gasteiger partial charge is 0.497 e. The van der Waals surface area contributed by atoms with Gasteiger partial charge in [-0.1, -0.05) is 6.07 Å². The molecule has 2 aromatic carbocycles. The van der Waals surface area contributed by atoms with Crippen molar-refractivity contribution in [2.75, 3.05) is 53.4 Å². The zero-order valence-electron chi connectivity index (χ0n) is 19.6. The molecule has 0 bridgehead atoms. The lowest BCUT2D eigenvalue weighted by atomic mass is 10.2. The first-order valence-corrected chi connectivity index (χ1v) is 10.8. The van der Waals surface area contributed by atoms with Crippen molar-refractivity contribution in [1.82, 2.24) is 15.5 Å². The van der Waals surface area contributed by atoms with Crippen molar-refractivity contribution in [1.29, 1.82) is 0 Å². The lowest BCUT2D eigenvalue weighted by Gasteiger charge is -2.20. The summed E-state index contributed by atoms with van der Waals surface area (Å²) < 4.78 is 25.0. The Hall–Kier alpha value is -3.00. The van der Waals surface area contributed by atoms with Gasteiger partial charge in [-0.05, 0) is 41.8 Å². The van der Waals surface area contributed by atoms with Crippen LogP contribution in [0.15, 0.2) is 41.4 Å². The van der Waals surface area contributed by atoms with E-state index < -0.39 is 0 Å². The Morgan fingerprint density at radius 2 is 1.84 bits per heavy atom. The van der Waals surface area contributed by atoms with E-state index >= 15 is 0 Å². The van der Waals surface area contributed by atoms with E-state index in [9.17, 15) is 4.39 Å². The fourth-order valence-corrected chi connectivity index (χ4v) is 3.91. The zero-order chi connectivity index (χ0) is 23.1. The predicted octanol–water partition coefficient (Wildman–Crippen LogP) is 2.85. The van der Waals surface area contributed by atoms with E-state index in [1.807, 2.05) is 38.4 Å². The minimum Gasteiger partial charge on any atom is -0.497 e. The van der Waals surface area contributed by atoms with Crippen molar-refractivity contribution in [3.63, 3.8) is 0 Å². The molecule has 3 rings (SSSR count). The molecule has 0 radical (unpaired) electrons. The second-order valence-electron chi connectivity index (χ2n) is 8.19. The molecule has 1 aliphatic rings. The summed E-state index contributed by atoms with van der Waals surface area (Å²) in [4.78, 5) is 8.49. The molecule has 2 aromatic rings. The van der Waals surface area contributed by atoms with Crippen LogP contribution in [0.1, 0.15) is 17.5 Å². The highest BCUT2D eigenvalue weighted by Crippen LogP contribution is 2.24. The van der Waals surface area contributed by atoms with Crippen LogP contribution in [0.25, 0.3) is 0 Å². The van der Waals surface area contributed by atoms with Crippen molar-refractivity contribution in [2.24, 2.45) is 4.99 Å². The maximum Gasteiger partial charge on any atom is 0.191 e. The monoisotopic (exact) mass is 443 g/mol. The molecular formula is C24H34FN5O2. The summed E-state index contributed by atoms with van der Waals surface area (Å²) in [7, 11) is 8.74. The van der Waals surface area contributed by atoms with Gasteiger partial charge < -0.3 is 25.0 Å².